The number of ether oxygens (including phenoxy) is 2. The molecule has 0 saturated heterocycles. The van der Waals surface area contributed by atoms with Gasteiger partial charge in [0, 0.05) is 29.1 Å². The second-order valence-electron chi connectivity index (χ2n) is 8.33. The highest BCUT2D eigenvalue weighted by Gasteiger charge is 2.23. The molecule has 4 nitrogen and oxygen atoms in total. The SMILES string of the molecule is CSCCSC(C)=CC(=O)Oc1ccc(C(C)(C)c2ccc(OC(=O)C=C(C)C)cc2)cc1. The molecule has 0 aliphatic carbocycles. The van der Waals surface area contributed by atoms with Crippen molar-refractivity contribution in [1.82, 2.24) is 0 Å². The van der Waals surface area contributed by atoms with Gasteiger partial charge in [0.2, 0.25) is 0 Å². The van der Waals surface area contributed by atoms with Gasteiger partial charge in [0.25, 0.3) is 0 Å². The summed E-state index contributed by atoms with van der Waals surface area (Å²) in [5, 5.41) is 0. The van der Waals surface area contributed by atoms with Crippen LogP contribution in [-0.2, 0) is 15.0 Å². The number of rotatable bonds is 10. The Bertz CT molecular complexity index is 999. The summed E-state index contributed by atoms with van der Waals surface area (Å²) in [6.07, 6.45) is 5.07. The fraction of sp³-hybridized carbons (Fsp3) is 0.333. The highest BCUT2D eigenvalue weighted by Crippen LogP contribution is 2.33. The van der Waals surface area contributed by atoms with Crippen LogP contribution in [0.2, 0.25) is 0 Å². The Hall–Kier alpha value is -2.44. The third-order valence-electron chi connectivity index (χ3n) is 4.93. The third kappa shape index (κ3) is 8.78. The largest absolute Gasteiger partial charge is 0.423 e. The zero-order chi connectivity index (χ0) is 24.4. The molecule has 0 fully saturated rings. The molecule has 0 aliphatic heterocycles. The summed E-state index contributed by atoms with van der Waals surface area (Å²) in [5.41, 5.74) is 2.77. The zero-order valence-electron chi connectivity index (χ0n) is 20.1. The number of carbonyl (C=O) groups excluding carboxylic acids is 2. The van der Waals surface area contributed by atoms with Crippen LogP contribution in [-0.4, -0.2) is 29.7 Å². The van der Waals surface area contributed by atoms with E-state index in [0.717, 1.165) is 33.1 Å². The normalized spacial score (nSPS) is 11.6. The topological polar surface area (TPSA) is 52.6 Å². The maximum absolute atomic E-state index is 12.2. The van der Waals surface area contributed by atoms with Crippen molar-refractivity contribution in [3.63, 3.8) is 0 Å². The van der Waals surface area contributed by atoms with E-state index < -0.39 is 0 Å². The van der Waals surface area contributed by atoms with E-state index in [-0.39, 0.29) is 17.4 Å². The average Bonchev–Trinajstić information content (AvgIpc) is 2.74. The van der Waals surface area contributed by atoms with Gasteiger partial charge >= 0.3 is 11.9 Å². The van der Waals surface area contributed by atoms with E-state index in [2.05, 4.69) is 20.1 Å². The highest BCUT2D eigenvalue weighted by molar-refractivity contribution is 8.05. The maximum atomic E-state index is 12.2. The first kappa shape index (κ1) is 26.8. The molecule has 0 N–H and O–H groups in total. The van der Waals surface area contributed by atoms with E-state index in [1.165, 1.54) is 12.2 Å². The molecule has 6 heteroatoms. The Morgan fingerprint density at radius 3 is 1.67 bits per heavy atom. The molecule has 176 valence electrons. The number of allylic oxidation sites excluding steroid dienone is 2. The lowest BCUT2D eigenvalue weighted by atomic mass is 9.78. The maximum Gasteiger partial charge on any atom is 0.336 e. The molecular weight excluding hydrogens is 452 g/mol. The standard InChI is InChI=1S/C27H32O4S2/c1-19(2)17-25(28)30-23-11-7-21(8-12-23)27(4,5)22-9-13-24(14-10-22)31-26(29)18-20(3)33-16-15-32-6/h7-14,17-18H,15-16H2,1-6H3. The predicted octanol–water partition coefficient (Wildman–Crippen LogP) is 6.79. The third-order valence-corrected chi connectivity index (χ3v) is 6.79. The molecule has 2 aromatic rings. The summed E-state index contributed by atoms with van der Waals surface area (Å²) in [4.78, 5) is 24.9. The molecule has 2 rings (SSSR count). The van der Waals surface area contributed by atoms with Crippen LogP contribution in [0.4, 0.5) is 0 Å². The zero-order valence-corrected chi connectivity index (χ0v) is 21.8. The molecule has 33 heavy (non-hydrogen) atoms. The monoisotopic (exact) mass is 484 g/mol. The molecule has 0 atom stereocenters. The number of thioether (sulfide) groups is 2. The smallest absolute Gasteiger partial charge is 0.336 e. The number of hydrogen-bond acceptors (Lipinski definition) is 6. The van der Waals surface area contributed by atoms with Crippen molar-refractivity contribution in [3.05, 3.63) is 82.3 Å². The lowest BCUT2D eigenvalue weighted by molar-refractivity contribution is -0.129. The van der Waals surface area contributed by atoms with Crippen molar-refractivity contribution < 1.29 is 19.1 Å². The van der Waals surface area contributed by atoms with Crippen molar-refractivity contribution in [2.75, 3.05) is 17.8 Å². The molecule has 0 unspecified atom stereocenters. The minimum atomic E-state index is -0.379. The summed E-state index contributed by atoms with van der Waals surface area (Å²) >= 11 is 3.44. The van der Waals surface area contributed by atoms with Crippen molar-refractivity contribution in [1.29, 1.82) is 0 Å². The molecule has 0 amide bonds. The number of carbonyl (C=O) groups is 2. The summed E-state index contributed by atoms with van der Waals surface area (Å²) < 4.78 is 10.8. The highest BCUT2D eigenvalue weighted by atomic mass is 32.2. The van der Waals surface area contributed by atoms with Gasteiger partial charge in [-0.1, -0.05) is 43.7 Å². The second kappa shape index (κ2) is 12.7. The summed E-state index contributed by atoms with van der Waals surface area (Å²) in [5.74, 6) is 2.30. The van der Waals surface area contributed by atoms with Gasteiger partial charge in [-0.15, -0.1) is 11.8 Å². The van der Waals surface area contributed by atoms with Crippen LogP contribution < -0.4 is 9.47 Å². The minimum absolute atomic E-state index is 0.282. The van der Waals surface area contributed by atoms with Gasteiger partial charge in [-0.3, -0.25) is 0 Å². The average molecular weight is 485 g/mol. The first-order valence-electron chi connectivity index (χ1n) is 10.7. The molecule has 0 saturated carbocycles. The van der Waals surface area contributed by atoms with Crippen LogP contribution in [0.25, 0.3) is 0 Å². The molecule has 0 spiro atoms. The molecular formula is C27H32O4S2. The molecule has 2 aromatic carbocycles. The number of hydrogen-bond donors (Lipinski definition) is 0. The Morgan fingerprint density at radius 1 is 0.788 bits per heavy atom. The van der Waals surface area contributed by atoms with Crippen LogP contribution in [0.1, 0.15) is 45.7 Å². The van der Waals surface area contributed by atoms with Crippen molar-refractivity contribution in [2.45, 2.75) is 40.0 Å². The Labute approximate surface area is 205 Å². The lowest BCUT2D eigenvalue weighted by Gasteiger charge is -2.26. The van der Waals surface area contributed by atoms with E-state index in [1.807, 2.05) is 57.2 Å². The van der Waals surface area contributed by atoms with E-state index in [0.29, 0.717) is 11.5 Å². The second-order valence-corrected chi connectivity index (χ2v) is 10.7. The van der Waals surface area contributed by atoms with Crippen LogP contribution in [0.3, 0.4) is 0 Å². The van der Waals surface area contributed by atoms with Crippen molar-refractivity contribution in [3.8, 4) is 11.5 Å². The predicted molar refractivity (Wildman–Crippen MR) is 140 cm³/mol. The minimum Gasteiger partial charge on any atom is -0.423 e. The first-order chi connectivity index (χ1) is 15.6. The Balaban J connectivity index is 2.04. The number of esters is 2. The lowest BCUT2D eigenvalue weighted by Crippen LogP contribution is -2.19. The van der Waals surface area contributed by atoms with Gasteiger partial charge in [0.1, 0.15) is 11.5 Å². The first-order valence-corrected chi connectivity index (χ1v) is 13.1. The van der Waals surface area contributed by atoms with Crippen LogP contribution in [0, 0.1) is 0 Å². The summed E-state index contributed by atoms with van der Waals surface area (Å²) in [6, 6.07) is 15.1. The Morgan fingerprint density at radius 2 is 1.24 bits per heavy atom. The molecule has 0 aromatic heterocycles. The van der Waals surface area contributed by atoms with Gasteiger partial charge in [-0.05, 0) is 67.3 Å². The fourth-order valence-corrected chi connectivity index (χ4v) is 4.57. The fourth-order valence-electron chi connectivity index (χ4n) is 3.07. The van der Waals surface area contributed by atoms with Crippen molar-refractivity contribution >= 4 is 35.5 Å². The molecule has 0 heterocycles. The Kier molecular flexibility index (Phi) is 10.3. The van der Waals surface area contributed by atoms with E-state index >= 15 is 0 Å². The van der Waals surface area contributed by atoms with Crippen molar-refractivity contribution in [2.24, 2.45) is 0 Å². The van der Waals surface area contributed by atoms with Gasteiger partial charge in [-0.2, -0.15) is 11.8 Å². The van der Waals surface area contributed by atoms with E-state index in [1.54, 1.807) is 35.7 Å². The van der Waals surface area contributed by atoms with Gasteiger partial charge in [-0.25, -0.2) is 9.59 Å². The quantitative estimate of drug-likeness (QED) is 0.160. The van der Waals surface area contributed by atoms with Gasteiger partial charge in [0.15, 0.2) is 0 Å². The molecule has 0 bridgehead atoms. The van der Waals surface area contributed by atoms with E-state index in [9.17, 15) is 9.59 Å². The molecule has 0 aliphatic rings. The van der Waals surface area contributed by atoms with Crippen LogP contribution in [0.15, 0.2) is 71.2 Å². The van der Waals surface area contributed by atoms with E-state index in [4.69, 9.17) is 9.47 Å². The van der Waals surface area contributed by atoms with Gasteiger partial charge < -0.3 is 9.47 Å². The van der Waals surface area contributed by atoms with Gasteiger partial charge in [0.05, 0.1) is 0 Å². The number of benzene rings is 2. The summed E-state index contributed by atoms with van der Waals surface area (Å²) in [6.45, 7) is 9.87. The van der Waals surface area contributed by atoms with Crippen LogP contribution in [0.5, 0.6) is 11.5 Å². The van der Waals surface area contributed by atoms with Crippen LogP contribution >= 0.6 is 23.5 Å². The summed E-state index contributed by atoms with van der Waals surface area (Å²) in [7, 11) is 0. The molecule has 0 radical (unpaired) electrons.